The molecule has 1 aliphatic rings. The number of carbonyl (C=O) groups excluding carboxylic acids is 2. The minimum absolute atomic E-state index is 0.0193. The van der Waals surface area contributed by atoms with Crippen LogP contribution in [0, 0.1) is 0 Å². The monoisotopic (exact) mass is 366 g/mol. The molecule has 0 amide bonds. The predicted octanol–water partition coefficient (Wildman–Crippen LogP) is 4.54. The van der Waals surface area contributed by atoms with Gasteiger partial charge in [0.2, 0.25) is 0 Å². The zero-order chi connectivity index (χ0) is 19.6. The number of ketones is 2. The fraction of sp³-hybridized carbons (Fsp3) is 0.391. The van der Waals surface area contributed by atoms with Gasteiger partial charge >= 0.3 is 0 Å². The molecule has 1 N–H and O–H groups in total. The van der Waals surface area contributed by atoms with E-state index in [2.05, 4.69) is 0 Å². The summed E-state index contributed by atoms with van der Waals surface area (Å²) in [6, 6.07) is 13.5. The second kappa shape index (κ2) is 8.05. The lowest BCUT2D eigenvalue weighted by Crippen LogP contribution is -2.15. The van der Waals surface area contributed by atoms with Crippen molar-refractivity contribution in [3.63, 3.8) is 0 Å². The predicted molar refractivity (Wildman–Crippen MR) is 105 cm³/mol. The van der Waals surface area contributed by atoms with Gasteiger partial charge < -0.3 is 9.84 Å². The summed E-state index contributed by atoms with van der Waals surface area (Å²) in [5, 5.41) is 9.48. The third-order valence-electron chi connectivity index (χ3n) is 5.12. The summed E-state index contributed by atoms with van der Waals surface area (Å²) >= 11 is 0. The van der Waals surface area contributed by atoms with Crippen LogP contribution in [0.1, 0.15) is 77.8 Å². The Morgan fingerprint density at radius 3 is 2.48 bits per heavy atom. The molecule has 3 atom stereocenters. The maximum Gasteiger partial charge on any atom is 0.166 e. The van der Waals surface area contributed by atoms with Crippen molar-refractivity contribution in [3.8, 4) is 5.75 Å². The first-order valence-corrected chi connectivity index (χ1v) is 9.56. The highest BCUT2D eigenvalue weighted by Gasteiger charge is 2.36. The second-order valence-electron chi connectivity index (χ2n) is 7.24. The summed E-state index contributed by atoms with van der Waals surface area (Å²) in [4.78, 5) is 25.2. The zero-order valence-corrected chi connectivity index (χ0v) is 16.1. The molecule has 0 aromatic heterocycles. The highest BCUT2D eigenvalue weighted by molar-refractivity contribution is 6.04. The summed E-state index contributed by atoms with van der Waals surface area (Å²) < 4.78 is 6.09. The number of fused-ring (bicyclic) bond motifs is 1. The molecule has 2 aromatic rings. The Morgan fingerprint density at radius 1 is 1.15 bits per heavy atom. The minimum Gasteiger partial charge on any atom is -0.489 e. The molecule has 0 saturated carbocycles. The van der Waals surface area contributed by atoms with Gasteiger partial charge in [-0.25, -0.2) is 0 Å². The van der Waals surface area contributed by atoms with Crippen LogP contribution in [0.3, 0.4) is 0 Å². The fourth-order valence-corrected chi connectivity index (χ4v) is 3.67. The van der Waals surface area contributed by atoms with Crippen molar-refractivity contribution in [1.82, 2.24) is 0 Å². The normalized spacial score (nSPS) is 19.3. The van der Waals surface area contributed by atoms with Gasteiger partial charge in [0.15, 0.2) is 11.6 Å². The van der Waals surface area contributed by atoms with Gasteiger partial charge in [-0.15, -0.1) is 0 Å². The van der Waals surface area contributed by atoms with Crippen molar-refractivity contribution >= 4 is 11.6 Å². The molecule has 0 saturated heterocycles. The van der Waals surface area contributed by atoms with E-state index in [1.165, 1.54) is 0 Å². The quantitative estimate of drug-likeness (QED) is 0.731. The molecule has 2 aromatic carbocycles. The van der Waals surface area contributed by atoms with E-state index in [1.54, 1.807) is 13.0 Å². The standard InChI is InChI=1S/C23H26O4/c1-4-20(25)18-12-17(21(26)11-10-14(2)24)13-19-22(15(3)27-23(18)19)16-8-6-5-7-9-16/h5-9,12-15,22,24H,4,10-11H2,1-3H3. The Balaban J connectivity index is 2.08. The lowest BCUT2D eigenvalue weighted by atomic mass is 9.85. The summed E-state index contributed by atoms with van der Waals surface area (Å²) in [6.07, 6.45) is 0.366. The van der Waals surface area contributed by atoms with Gasteiger partial charge in [0.25, 0.3) is 0 Å². The smallest absolute Gasteiger partial charge is 0.166 e. The van der Waals surface area contributed by atoms with Crippen LogP contribution in [-0.4, -0.2) is 28.9 Å². The summed E-state index contributed by atoms with van der Waals surface area (Å²) in [5.74, 6) is 0.497. The van der Waals surface area contributed by atoms with Crippen LogP contribution in [0.2, 0.25) is 0 Å². The molecule has 27 heavy (non-hydrogen) atoms. The van der Waals surface area contributed by atoms with Crippen LogP contribution < -0.4 is 4.74 Å². The van der Waals surface area contributed by atoms with Gasteiger partial charge in [-0.05, 0) is 38.0 Å². The highest BCUT2D eigenvalue weighted by Crippen LogP contribution is 2.45. The van der Waals surface area contributed by atoms with Gasteiger partial charge in [0, 0.05) is 29.9 Å². The topological polar surface area (TPSA) is 63.6 Å². The van der Waals surface area contributed by atoms with Crippen molar-refractivity contribution in [2.45, 2.75) is 58.2 Å². The summed E-state index contributed by atoms with van der Waals surface area (Å²) in [6.45, 7) is 5.47. The Kier molecular flexibility index (Phi) is 5.76. The molecule has 0 fully saturated rings. The second-order valence-corrected chi connectivity index (χ2v) is 7.24. The maximum atomic E-state index is 12.7. The van der Waals surface area contributed by atoms with Crippen molar-refractivity contribution in [3.05, 3.63) is 64.7 Å². The van der Waals surface area contributed by atoms with Gasteiger partial charge in [0.05, 0.1) is 11.7 Å². The van der Waals surface area contributed by atoms with E-state index in [0.717, 1.165) is 11.1 Å². The molecule has 3 unspecified atom stereocenters. The van der Waals surface area contributed by atoms with Crippen LogP contribution in [0.5, 0.6) is 5.75 Å². The molecule has 4 heteroatoms. The molecule has 3 rings (SSSR count). The average molecular weight is 366 g/mol. The van der Waals surface area contributed by atoms with Crippen molar-refractivity contribution in [2.24, 2.45) is 0 Å². The number of ether oxygens (including phenoxy) is 1. The molecule has 0 aliphatic carbocycles. The number of hydrogen-bond acceptors (Lipinski definition) is 4. The lowest BCUT2D eigenvalue weighted by Gasteiger charge is -2.15. The first kappa shape index (κ1) is 19.3. The first-order chi connectivity index (χ1) is 12.9. The van der Waals surface area contributed by atoms with Gasteiger partial charge in [-0.1, -0.05) is 37.3 Å². The van der Waals surface area contributed by atoms with Gasteiger partial charge in [-0.3, -0.25) is 9.59 Å². The molecule has 0 radical (unpaired) electrons. The Hall–Kier alpha value is -2.46. The van der Waals surface area contributed by atoms with E-state index in [-0.39, 0.29) is 30.0 Å². The number of rotatable bonds is 7. The van der Waals surface area contributed by atoms with Crippen LogP contribution in [-0.2, 0) is 0 Å². The van der Waals surface area contributed by atoms with Crippen molar-refractivity contribution in [2.75, 3.05) is 0 Å². The van der Waals surface area contributed by atoms with E-state index in [0.29, 0.717) is 29.7 Å². The third kappa shape index (κ3) is 3.96. The van der Waals surface area contributed by atoms with Crippen molar-refractivity contribution in [1.29, 1.82) is 0 Å². The largest absolute Gasteiger partial charge is 0.489 e. The van der Waals surface area contributed by atoms with Crippen LogP contribution >= 0.6 is 0 Å². The number of aliphatic hydroxyl groups is 1. The molecule has 4 nitrogen and oxygen atoms in total. The summed E-state index contributed by atoms with van der Waals surface area (Å²) in [5.41, 5.74) is 3.01. The molecule has 1 heterocycles. The Labute approximate surface area is 160 Å². The van der Waals surface area contributed by atoms with E-state index < -0.39 is 6.10 Å². The number of hydrogen-bond donors (Lipinski definition) is 1. The van der Waals surface area contributed by atoms with Gasteiger partial charge in [-0.2, -0.15) is 0 Å². The summed E-state index contributed by atoms with van der Waals surface area (Å²) in [7, 11) is 0. The minimum atomic E-state index is -0.527. The maximum absolute atomic E-state index is 12.7. The Bertz CT molecular complexity index is 839. The SMILES string of the molecule is CCC(=O)c1cc(C(=O)CCC(C)O)cc2c1OC(C)C2c1ccccc1. The number of Topliss-reactive ketones (excluding diaryl/α,β-unsaturated/α-hetero) is 2. The van der Waals surface area contributed by atoms with Crippen LogP contribution in [0.25, 0.3) is 0 Å². The van der Waals surface area contributed by atoms with E-state index in [9.17, 15) is 14.7 Å². The van der Waals surface area contributed by atoms with E-state index in [1.807, 2.05) is 50.2 Å². The molecule has 1 aliphatic heterocycles. The zero-order valence-electron chi connectivity index (χ0n) is 16.1. The molecule has 0 spiro atoms. The van der Waals surface area contributed by atoms with Crippen LogP contribution in [0.15, 0.2) is 42.5 Å². The Morgan fingerprint density at radius 2 is 1.85 bits per heavy atom. The van der Waals surface area contributed by atoms with Gasteiger partial charge in [0.1, 0.15) is 11.9 Å². The van der Waals surface area contributed by atoms with Crippen LogP contribution in [0.4, 0.5) is 0 Å². The number of aliphatic hydroxyl groups excluding tert-OH is 1. The molecular formula is C23H26O4. The average Bonchev–Trinajstić information content (AvgIpc) is 3.00. The highest BCUT2D eigenvalue weighted by atomic mass is 16.5. The first-order valence-electron chi connectivity index (χ1n) is 9.56. The van der Waals surface area contributed by atoms with E-state index in [4.69, 9.17) is 4.74 Å². The van der Waals surface area contributed by atoms with E-state index >= 15 is 0 Å². The van der Waals surface area contributed by atoms with Crippen molar-refractivity contribution < 1.29 is 19.4 Å². The number of carbonyl (C=O) groups is 2. The number of benzene rings is 2. The molecule has 0 bridgehead atoms. The fourth-order valence-electron chi connectivity index (χ4n) is 3.67. The molecule has 142 valence electrons. The lowest BCUT2D eigenvalue weighted by molar-refractivity contribution is 0.0949. The third-order valence-corrected chi connectivity index (χ3v) is 5.12. The molecular weight excluding hydrogens is 340 g/mol.